The summed E-state index contributed by atoms with van der Waals surface area (Å²) in [5.41, 5.74) is 16.5. The fourth-order valence-corrected chi connectivity index (χ4v) is 4.93. The predicted molar refractivity (Wildman–Crippen MR) is 117 cm³/mol. The zero-order chi connectivity index (χ0) is 26.4. The topological polar surface area (TPSA) is 269 Å². The first-order valence-electron chi connectivity index (χ1n) is 11.6. The number of hydrogen-bond acceptors (Lipinski definition) is 15. The predicted octanol–water partition coefficient (Wildman–Crippen LogP) is -6.64. The molecule has 0 amide bonds. The second kappa shape index (κ2) is 11.0. The molecule has 2 aliphatic heterocycles. The molecule has 15 nitrogen and oxygen atoms in total. The van der Waals surface area contributed by atoms with E-state index in [1.54, 1.807) is 0 Å². The van der Waals surface area contributed by atoms with Crippen molar-refractivity contribution in [3.63, 3.8) is 0 Å². The minimum atomic E-state index is -1.73. The molecule has 3 aliphatic rings. The van der Waals surface area contributed by atoms with Crippen molar-refractivity contribution in [3.05, 3.63) is 0 Å². The third-order valence-corrected chi connectivity index (χ3v) is 7.07. The van der Waals surface area contributed by atoms with Gasteiger partial charge in [0.15, 0.2) is 12.6 Å². The van der Waals surface area contributed by atoms with Crippen LogP contribution in [0.25, 0.3) is 0 Å². The van der Waals surface area contributed by atoms with E-state index in [0.717, 1.165) is 0 Å². The summed E-state index contributed by atoms with van der Waals surface area (Å²) in [6.07, 6.45) is -16.1. The summed E-state index contributed by atoms with van der Waals surface area (Å²) in [7, 11) is 1.54. The Bertz CT molecular complexity index is 706. The van der Waals surface area contributed by atoms with Crippen LogP contribution in [0.2, 0.25) is 0 Å². The quantitative estimate of drug-likeness (QED) is 0.158. The summed E-state index contributed by atoms with van der Waals surface area (Å²) in [6, 6.07) is -4.09. The molecule has 0 aromatic heterocycles. The van der Waals surface area contributed by atoms with Gasteiger partial charge in [-0.05, 0) is 20.9 Å². The van der Waals surface area contributed by atoms with Crippen molar-refractivity contribution in [2.24, 2.45) is 17.2 Å². The van der Waals surface area contributed by atoms with E-state index in [0.29, 0.717) is 0 Å². The van der Waals surface area contributed by atoms with Crippen molar-refractivity contribution in [2.75, 3.05) is 13.7 Å². The Labute approximate surface area is 202 Å². The average molecular weight is 513 g/mol. The number of nitrogens with two attached hydrogens (primary N) is 3. The lowest BCUT2D eigenvalue weighted by Gasteiger charge is -2.50. The SMILES string of the molecule is CN[C@@H]1[C@@H](O)[C@@H](O[C@@H]2[C@@H](N)[C@H](O)[C@@H](N)[C@H](O[C@H]3O[C@H](C(C)N)[C@@H](O)[C@H](O)[C@H]3O)[C@H]2O)OC[C@]1(C)O. The maximum atomic E-state index is 11.0. The number of likely N-dealkylation sites (N-methyl/N-ethyl adjacent to an activating group) is 1. The van der Waals surface area contributed by atoms with Crippen LogP contribution in [0, 0.1) is 0 Å². The fourth-order valence-electron chi connectivity index (χ4n) is 4.93. The van der Waals surface area contributed by atoms with Crippen LogP contribution in [0.5, 0.6) is 0 Å². The maximum absolute atomic E-state index is 11.0. The molecule has 0 bridgehead atoms. The first kappa shape index (κ1) is 29.0. The molecule has 3 rings (SSSR count). The number of aliphatic hydroxyl groups is 7. The summed E-state index contributed by atoms with van der Waals surface area (Å²) in [6.45, 7) is 2.79. The number of rotatable bonds is 6. The van der Waals surface area contributed by atoms with Gasteiger partial charge in [0.1, 0.15) is 54.4 Å². The van der Waals surface area contributed by atoms with E-state index in [4.69, 9.17) is 36.1 Å². The molecule has 0 aromatic carbocycles. The van der Waals surface area contributed by atoms with E-state index >= 15 is 0 Å². The van der Waals surface area contributed by atoms with Crippen molar-refractivity contribution in [1.82, 2.24) is 5.32 Å². The van der Waals surface area contributed by atoms with Crippen molar-refractivity contribution in [1.29, 1.82) is 0 Å². The second-order valence-electron chi connectivity index (χ2n) is 9.93. The van der Waals surface area contributed by atoms with Gasteiger partial charge in [0.2, 0.25) is 0 Å². The van der Waals surface area contributed by atoms with E-state index in [2.05, 4.69) is 5.32 Å². The van der Waals surface area contributed by atoms with Crippen molar-refractivity contribution in [2.45, 2.75) is 111 Å². The largest absolute Gasteiger partial charge is 0.390 e. The Hall–Kier alpha value is -0.600. The number of aliphatic hydroxyl groups excluding tert-OH is 6. The molecule has 0 spiro atoms. The highest BCUT2D eigenvalue weighted by Crippen LogP contribution is 2.32. The zero-order valence-corrected chi connectivity index (χ0v) is 19.9. The lowest BCUT2D eigenvalue weighted by molar-refractivity contribution is -0.336. The van der Waals surface area contributed by atoms with Gasteiger partial charge < -0.3 is 77.2 Å². The van der Waals surface area contributed by atoms with Gasteiger partial charge in [0, 0.05) is 6.04 Å². The Morgan fingerprint density at radius 1 is 0.857 bits per heavy atom. The summed E-state index contributed by atoms with van der Waals surface area (Å²) in [5.74, 6) is 0. The lowest BCUT2D eigenvalue weighted by atomic mass is 9.81. The van der Waals surface area contributed by atoms with Crippen LogP contribution in [0.4, 0.5) is 0 Å². The molecule has 35 heavy (non-hydrogen) atoms. The molecule has 3 fully saturated rings. The minimum absolute atomic E-state index is 0.207. The summed E-state index contributed by atoms with van der Waals surface area (Å²) in [5, 5.41) is 76.2. The molecule has 0 aromatic rings. The van der Waals surface area contributed by atoms with E-state index in [1.165, 1.54) is 20.9 Å². The molecule has 1 saturated carbocycles. The molecule has 2 saturated heterocycles. The third-order valence-electron chi connectivity index (χ3n) is 7.07. The van der Waals surface area contributed by atoms with Gasteiger partial charge in [-0.25, -0.2) is 0 Å². The van der Waals surface area contributed by atoms with Crippen molar-refractivity contribution >= 4 is 0 Å². The summed E-state index contributed by atoms with van der Waals surface area (Å²) in [4.78, 5) is 0. The minimum Gasteiger partial charge on any atom is -0.390 e. The van der Waals surface area contributed by atoms with E-state index < -0.39 is 97.3 Å². The molecule has 1 aliphatic carbocycles. The monoisotopic (exact) mass is 512 g/mol. The number of ether oxygens (including phenoxy) is 4. The molecule has 2 heterocycles. The molecule has 206 valence electrons. The van der Waals surface area contributed by atoms with Crippen LogP contribution in [0.1, 0.15) is 13.8 Å². The van der Waals surface area contributed by atoms with Crippen molar-refractivity contribution < 1.29 is 54.7 Å². The highest BCUT2D eigenvalue weighted by atomic mass is 16.7. The van der Waals surface area contributed by atoms with Crippen molar-refractivity contribution in [3.8, 4) is 0 Å². The van der Waals surface area contributed by atoms with Gasteiger partial charge in [-0.2, -0.15) is 0 Å². The maximum Gasteiger partial charge on any atom is 0.187 e. The van der Waals surface area contributed by atoms with E-state index in [-0.39, 0.29) is 6.61 Å². The Kier molecular flexibility index (Phi) is 9.12. The number of hydrogen-bond donors (Lipinski definition) is 11. The van der Waals surface area contributed by atoms with Gasteiger partial charge in [0.25, 0.3) is 0 Å². The summed E-state index contributed by atoms with van der Waals surface area (Å²) >= 11 is 0. The third kappa shape index (κ3) is 5.50. The van der Waals surface area contributed by atoms with Gasteiger partial charge >= 0.3 is 0 Å². The smallest absolute Gasteiger partial charge is 0.187 e. The molecule has 15 heteroatoms. The van der Waals surface area contributed by atoms with Crippen LogP contribution in [-0.2, 0) is 18.9 Å². The van der Waals surface area contributed by atoms with Crippen LogP contribution in [0.15, 0.2) is 0 Å². The molecule has 16 atom stereocenters. The lowest BCUT2D eigenvalue weighted by Crippen LogP contribution is -2.73. The van der Waals surface area contributed by atoms with Gasteiger partial charge in [-0.3, -0.25) is 0 Å². The molecular formula is C20H40N4O11. The Balaban J connectivity index is 1.78. The Morgan fingerprint density at radius 2 is 1.40 bits per heavy atom. The zero-order valence-electron chi connectivity index (χ0n) is 19.9. The molecule has 0 radical (unpaired) electrons. The van der Waals surface area contributed by atoms with Gasteiger partial charge in [-0.1, -0.05) is 0 Å². The second-order valence-corrected chi connectivity index (χ2v) is 9.93. The van der Waals surface area contributed by atoms with E-state index in [1.807, 2.05) is 0 Å². The fraction of sp³-hybridized carbons (Fsp3) is 1.00. The van der Waals surface area contributed by atoms with Gasteiger partial charge in [0.05, 0.1) is 30.8 Å². The van der Waals surface area contributed by atoms with Crippen LogP contribution in [0.3, 0.4) is 0 Å². The first-order valence-corrected chi connectivity index (χ1v) is 11.6. The standard InChI is InChI=1S/C20H40N4O11/c1-5(21)14-10(27)9(26)11(28)19(33-14)35-16-7(23)8(25)6(22)15(12(16)29)34-18-13(30)17(24-3)20(2,31)4-32-18/h5-19,24-31H,4,21-23H2,1-3H3/t5?,6-,7+,8-,9-,10-,11+,12-,13+,14+,15+,16-,17+,18+,19+,20-/m0/s1. The van der Waals surface area contributed by atoms with E-state index in [9.17, 15) is 35.7 Å². The molecule has 14 N–H and O–H groups in total. The highest BCUT2D eigenvalue weighted by molar-refractivity contribution is 5.06. The first-order chi connectivity index (χ1) is 16.2. The average Bonchev–Trinajstić information content (AvgIpc) is 2.79. The number of nitrogens with one attached hydrogen (secondary N) is 1. The van der Waals surface area contributed by atoms with Crippen LogP contribution >= 0.6 is 0 Å². The van der Waals surface area contributed by atoms with Crippen LogP contribution in [-0.4, -0.2) is 147 Å². The normalized spacial score (nSPS) is 54.4. The highest BCUT2D eigenvalue weighted by Gasteiger charge is 2.54. The van der Waals surface area contributed by atoms with Gasteiger partial charge in [-0.15, -0.1) is 0 Å². The molecular weight excluding hydrogens is 472 g/mol. The summed E-state index contributed by atoms with van der Waals surface area (Å²) < 4.78 is 22.4. The van der Waals surface area contributed by atoms with Crippen LogP contribution < -0.4 is 22.5 Å². The molecule has 1 unspecified atom stereocenters. The Morgan fingerprint density at radius 3 is 1.91 bits per heavy atom.